The summed E-state index contributed by atoms with van der Waals surface area (Å²) in [6.07, 6.45) is 3.44. The van der Waals surface area contributed by atoms with Gasteiger partial charge in [-0.15, -0.1) is 0 Å². The van der Waals surface area contributed by atoms with Crippen LogP contribution in [0.3, 0.4) is 0 Å². The van der Waals surface area contributed by atoms with Gasteiger partial charge in [0, 0.05) is 39.0 Å². The number of nitrogens with zero attached hydrogens (tertiary/aromatic N) is 3. The Morgan fingerprint density at radius 3 is 2.56 bits per heavy atom. The molecule has 0 aliphatic rings. The van der Waals surface area contributed by atoms with Crippen molar-refractivity contribution in [2.45, 2.75) is 18.7 Å². The first-order chi connectivity index (χ1) is 7.46. The quantitative estimate of drug-likeness (QED) is 0.594. The van der Waals surface area contributed by atoms with E-state index in [1.807, 2.05) is 37.9 Å². The van der Waals surface area contributed by atoms with Crippen molar-refractivity contribution >= 4 is 34.0 Å². The third kappa shape index (κ3) is 3.47. The number of anilines is 1. The van der Waals surface area contributed by atoms with E-state index in [-0.39, 0.29) is 0 Å². The van der Waals surface area contributed by atoms with Gasteiger partial charge < -0.3 is 4.90 Å². The Morgan fingerprint density at radius 2 is 2.06 bits per heavy atom. The molecule has 1 aromatic heterocycles. The lowest BCUT2D eigenvalue weighted by Gasteiger charge is -2.21. The van der Waals surface area contributed by atoms with E-state index < -0.39 is 4.87 Å². The molecule has 0 aliphatic carbocycles. The fourth-order valence-electron chi connectivity index (χ4n) is 0.978. The largest absolute Gasteiger partial charge is 0.330 e. The number of aromatic nitrogens is 1. The van der Waals surface area contributed by atoms with E-state index in [0.29, 0.717) is 4.32 Å². The zero-order chi connectivity index (χ0) is 12.2. The second kappa shape index (κ2) is 5.28. The predicted molar refractivity (Wildman–Crippen MR) is 73.5 cm³/mol. The molecule has 0 unspecified atom stereocenters. The third-order valence-corrected chi connectivity index (χ3v) is 3.49. The van der Waals surface area contributed by atoms with Crippen LogP contribution in [0, 0.1) is 6.57 Å². The Bertz CT molecular complexity index is 409. The summed E-state index contributed by atoms with van der Waals surface area (Å²) in [4.78, 5) is 8.84. The van der Waals surface area contributed by atoms with Gasteiger partial charge in [0.05, 0.1) is 0 Å². The van der Waals surface area contributed by atoms with Crippen LogP contribution in [-0.4, -0.2) is 21.2 Å². The Balaban J connectivity index is 2.74. The van der Waals surface area contributed by atoms with Gasteiger partial charge in [-0.25, -0.2) is 6.57 Å². The van der Waals surface area contributed by atoms with Gasteiger partial charge in [0.1, 0.15) is 4.32 Å². The van der Waals surface area contributed by atoms with Crippen LogP contribution in [-0.2, 0) is 0 Å². The Labute approximate surface area is 106 Å². The van der Waals surface area contributed by atoms with Crippen LogP contribution in [0.5, 0.6) is 0 Å². The highest BCUT2D eigenvalue weighted by Gasteiger charge is 2.27. The zero-order valence-corrected chi connectivity index (χ0v) is 11.1. The molecule has 1 aromatic rings. The molecule has 0 saturated carbocycles. The first kappa shape index (κ1) is 12.9. The van der Waals surface area contributed by atoms with Gasteiger partial charge in [-0.3, -0.25) is 9.83 Å². The zero-order valence-electron chi connectivity index (χ0n) is 9.47. The molecule has 0 spiro atoms. The van der Waals surface area contributed by atoms with Gasteiger partial charge in [-0.05, 0) is 23.9 Å². The second-order valence-corrected chi connectivity index (χ2v) is 5.93. The lowest BCUT2D eigenvalue weighted by Crippen LogP contribution is -2.25. The summed E-state index contributed by atoms with van der Waals surface area (Å²) in [7, 11) is 1.89. The van der Waals surface area contributed by atoms with Crippen molar-refractivity contribution < 1.29 is 0 Å². The molecule has 5 heteroatoms. The van der Waals surface area contributed by atoms with Crippen molar-refractivity contribution in [2.24, 2.45) is 0 Å². The fraction of sp³-hybridized carbons (Fsp3) is 0.364. The molecular formula is C11H13N3S2. The molecule has 0 saturated heterocycles. The Hall–Kier alpha value is -1.12. The van der Waals surface area contributed by atoms with Gasteiger partial charge >= 0.3 is 0 Å². The van der Waals surface area contributed by atoms with Gasteiger partial charge in [0.15, 0.2) is 0 Å². The van der Waals surface area contributed by atoms with Crippen LogP contribution in [0.1, 0.15) is 13.8 Å². The van der Waals surface area contributed by atoms with Crippen molar-refractivity contribution in [2.75, 3.05) is 11.9 Å². The van der Waals surface area contributed by atoms with Gasteiger partial charge in [0.2, 0.25) is 0 Å². The minimum atomic E-state index is -0.516. The molecular weight excluding hydrogens is 238 g/mol. The van der Waals surface area contributed by atoms with Gasteiger partial charge in [0.25, 0.3) is 4.87 Å². The first-order valence-corrected chi connectivity index (χ1v) is 5.94. The second-order valence-electron chi connectivity index (χ2n) is 3.69. The Kier molecular flexibility index (Phi) is 4.27. The SMILES string of the molecule is [C-]#[N+]C(C)(C)SC(=S)N(C)c1ccncc1. The molecule has 0 atom stereocenters. The van der Waals surface area contributed by atoms with Crippen LogP contribution in [0.2, 0.25) is 0 Å². The molecule has 0 bridgehead atoms. The maximum atomic E-state index is 7.06. The Morgan fingerprint density at radius 1 is 1.50 bits per heavy atom. The average Bonchev–Trinajstić information content (AvgIpc) is 2.28. The number of thiocarbonyl (C=S) groups is 1. The van der Waals surface area contributed by atoms with E-state index in [2.05, 4.69) is 9.83 Å². The number of hydrogen-bond acceptors (Lipinski definition) is 3. The van der Waals surface area contributed by atoms with Crippen LogP contribution >= 0.6 is 24.0 Å². The highest BCUT2D eigenvalue weighted by molar-refractivity contribution is 8.24. The molecule has 0 amide bonds. The maximum absolute atomic E-state index is 7.06. The fourth-order valence-corrected chi connectivity index (χ4v) is 2.41. The first-order valence-electron chi connectivity index (χ1n) is 4.71. The van der Waals surface area contributed by atoms with Crippen LogP contribution in [0.4, 0.5) is 5.69 Å². The topological polar surface area (TPSA) is 20.5 Å². The van der Waals surface area contributed by atoms with Crippen LogP contribution in [0.15, 0.2) is 24.5 Å². The molecule has 1 heterocycles. The monoisotopic (exact) mass is 251 g/mol. The summed E-state index contributed by atoms with van der Waals surface area (Å²) >= 11 is 6.69. The summed E-state index contributed by atoms with van der Waals surface area (Å²) < 4.78 is 0.687. The average molecular weight is 251 g/mol. The highest BCUT2D eigenvalue weighted by Crippen LogP contribution is 2.29. The van der Waals surface area contributed by atoms with E-state index in [1.165, 1.54) is 11.8 Å². The smallest absolute Gasteiger partial charge is 0.278 e. The van der Waals surface area contributed by atoms with Crippen molar-refractivity contribution in [3.63, 3.8) is 0 Å². The van der Waals surface area contributed by atoms with E-state index in [0.717, 1.165) is 5.69 Å². The third-order valence-electron chi connectivity index (χ3n) is 1.93. The number of thioether (sulfide) groups is 1. The molecule has 0 N–H and O–H groups in total. The molecule has 1 rings (SSSR count). The molecule has 0 aromatic carbocycles. The van der Waals surface area contributed by atoms with E-state index in [9.17, 15) is 0 Å². The molecule has 0 radical (unpaired) electrons. The predicted octanol–water partition coefficient (Wildman–Crippen LogP) is 3.19. The summed E-state index contributed by atoms with van der Waals surface area (Å²) in [5, 5.41) is 0. The molecule has 0 fully saturated rings. The van der Waals surface area contributed by atoms with Crippen molar-refractivity contribution in [1.82, 2.24) is 4.98 Å². The maximum Gasteiger partial charge on any atom is 0.278 e. The summed E-state index contributed by atoms with van der Waals surface area (Å²) in [5.41, 5.74) is 0.980. The minimum Gasteiger partial charge on any atom is -0.330 e. The summed E-state index contributed by atoms with van der Waals surface area (Å²) in [5.74, 6) is 0. The summed E-state index contributed by atoms with van der Waals surface area (Å²) in [6.45, 7) is 10.8. The van der Waals surface area contributed by atoms with Crippen molar-refractivity contribution in [1.29, 1.82) is 0 Å². The van der Waals surface area contributed by atoms with Crippen molar-refractivity contribution in [3.8, 4) is 0 Å². The lowest BCUT2D eigenvalue weighted by molar-refractivity contribution is 0.898. The van der Waals surface area contributed by atoms with E-state index >= 15 is 0 Å². The summed E-state index contributed by atoms with van der Waals surface area (Å²) in [6, 6.07) is 3.77. The highest BCUT2D eigenvalue weighted by atomic mass is 32.2. The van der Waals surface area contributed by atoms with E-state index in [4.69, 9.17) is 18.8 Å². The lowest BCUT2D eigenvalue weighted by atomic mass is 10.4. The molecule has 3 nitrogen and oxygen atoms in total. The molecule has 84 valence electrons. The molecule has 0 aliphatic heterocycles. The van der Waals surface area contributed by atoms with Gasteiger partial charge in [-0.2, -0.15) is 0 Å². The number of rotatable bonds is 2. The number of pyridine rings is 1. The van der Waals surface area contributed by atoms with Crippen molar-refractivity contribution in [3.05, 3.63) is 35.9 Å². The number of hydrogen-bond donors (Lipinski definition) is 0. The normalized spacial score (nSPS) is 10.6. The minimum absolute atomic E-state index is 0.516. The van der Waals surface area contributed by atoms with E-state index in [1.54, 1.807) is 12.4 Å². The standard InChI is InChI=1S/C11H13N3S2/c1-11(2,12-3)16-10(15)14(4)9-5-7-13-8-6-9/h5-8H,1-2,4H3. The van der Waals surface area contributed by atoms with Crippen LogP contribution in [0.25, 0.3) is 4.85 Å². The molecule has 16 heavy (non-hydrogen) atoms. The van der Waals surface area contributed by atoms with Gasteiger partial charge in [-0.1, -0.05) is 12.2 Å². The van der Waals surface area contributed by atoms with Crippen LogP contribution < -0.4 is 4.90 Å².